The zero-order valence-corrected chi connectivity index (χ0v) is 16.9. The molecule has 0 bridgehead atoms. The summed E-state index contributed by atoms with van der Waals surface area (Å²) in [5.41, 5.74) is 7.14. The second kappa shape index (κ2) is 6.76. The van der Waals surface area contributed by atoms with Gasteiger partial charge in [-0.05, 0) is 69.4 Å². The molecule has 30 heavy (non-hydrogen) atoms. The highest BCUT2D eigenvalue weighted by Gasteiger charge is 2.12. The first-order valence-corrected chi connectivity index (χ1v) is 10.4. The van der Waals surface area contributed by atoms with Crippen molar-refractivity contribution < 1.29 is 0 Å². The second-order valence-corrected chi connectivity index (χ2v) is 8.12. The molecular formula is C28H18ClN. The van der Waals surface area contributed by atoms with E-state index in [9.17, 15) is 0 Å². The Labute approximate surface area is 179 Å². The number of hydrogen-bond acceptors (Lipinski definition) is 0. The van der Waals surface area contributed by atoms with Gasteiger partial charge in [-0.1, -0.05) is 78.3 Å². The molecule has 1 aromatic heterocycles. The minimum Gasteiger partial charge on any atom is -0.354 e. The molecule has 0 aliphatic heterocycles. The molecule has 5 aromatic carbocycles. The fourth-order valence-electron chi connectivity index (χ4n) is 4.39. The van der Waals surface area contributed by atoms with Crippen LogP contribution in [0.15, 0.2) is 103 Å². The molecule has 142 valence electrons. The number of benzene rings is 5. The van der Waals surface area contributed by atoms with Crippen molar-refractivity contribution in [3.63, 3.8) is 0 Å². The number of rotatable bonds is 2. The lowest BCUT2D eigenvalue weighted by atomic mass is 9.95. The van der Waals surface area contributed by atoms with Crippen LogP contribution in [0.2, 0.25) is 5.02 Å². The van der Waals surface area contributed by atoms with Gasteiger partial charge in [-0.3, -0.25) is 0 Å². The van der Waals surface area contributed by atoms with Gasteiger partial charge in [0.15, 0.2) is 0 Å². The van der Waals surface area contributed by atoms with E-state index in [1.807, 2.05) is 12.1 Å². The highest BCUT2D eigenvalue weighted by Crippen LogP contribution is 2.37. The average molecular weight is 404 g/mol. The lowest BCUT2D eigenvalue weighted by Crippen LogP contribution is -1.83. The molecule has 0 spiro atoms. The van der Waals surface area contributed by atoms with Crippen LogP contribution in [-0.2, 0) is 0 Å². The van der Waals surface area contributed by atoms with Crippen LogP contribution in [0.3, 0.4) is 0 Å². The van der Waals surface area contributed by atoms with E-state index in [1.165, 1.54) is 49.3 Å². The van der Waals surface area contributed by atoms with Crippen molar-refractivity contribution in [2.45, 2.75) is 0 Å². The Hall–Kier alpha value is -3.55. The summed E-state index contributed by atoms with van der Waals surface area (Å²) in [6.07, 6.45) is 0. The van der Waals surface area contributed by atoms with E-state index in [4.69, 9.17) is 11.6 Å². The summed E-state index contributed by atoms with van der Waals surface area (Å²) in [7, 11) is 0. The van der Waals surface area contributed by atoms with Crippen LogP contribution in [0.4, 0.5) is 0 Å². The fourth-order valence-corrected chi connectivity index (χ4v) is 4.52. The highest BCUT2D eigenvalue weighted by molar-refractivity contribution is 6.30. The molecule has 0 atom stereocenters. The number of hydrogen-bond donors (Lipinski definition) is 1. The van der Waals surface area contributed by atoms with E-state index in [-0.39, 0.29) is 0 Å². The van der Waals surface area contributed by atoms with Crippen molar-refractivity contribution in [2.75, 3.05) is 0 Å². The van der Waals surface area contributed by atoms with Gasteiger partial charge in [0.25, 0.3) is 0 Å². The molecule has 1 N–H and O–H groups in total. The molecule has 0 aliphatic rings. The standard InChI is InChI=1S/C28H18ClN/c29-23-13-11-18(12-14-23)19-7-3-8-22(15-19)24-9-4-10-26-28(24)25-16-20-5-1-2-6-21(20)17-27(25)30-26/h1-17,30H. The van der Waals surface area contributed by atoms with Crippen molar-refractivity contribution in [3.05, 3.63) is 108 Å². The molecule has 6 aromatic rings. The summed E-state index contributed by atoms with van der Waals surface area (Å²) >= 11 is 6.07. The van der Waals surface area contributed by atoms with Crippen LogP contribution >= 0.6 is 11.6 Å². The lowest BCUT2D eigenvalue weighted by molar-refractivity contribution is 1.55. The maximum atomic E-state index is 6.07. The Morgan fingerprint density at radius 1 is 0.533 bits per heavy atom. The molecule has 0 fully saturated rings. The van der Waals surface area contributed by atoms with Crippen LogP contribution in [0, 0.1) is 0 Å². The van der Waals surface area contributed by atoms with E-state index in [0.717, 1.165) is 10.5 Å². The van der Waals surface area contributed by atoms with Crippen molar-refractivity contribution in [2.24, 2.45) is 0 Å². The monoisotopic (exact) mass is 403 g/mol. The Morgan fingerprint density at radius 2 is 1.27 bits per heavy atom. The summed E-state index contributed by atoms with van der Waals surface area (Å²) < 4.78 is 0. The lowest BCUT2D eigenvalue weighted by Gasteiger charge is -2.08. The number of nitrogens with one attached hydrogen (secondary N) is 1. The molecule has 1 heterocycles. The molecule has 0 saturated heterocycles. The Bertz CT molecular complexity index is 1540. The molecule has 6 rings (SSSR count). The molecule has 0 unspecified atom stereocenters. The molecule has 0 radical (unpaired) electrons. The average Bonchev–Trinajstić information content (AvgIpc) is 3.15. The number of aromatic amines is 1. The summed E-state index contributed by atoms with van der Waals surface area (Å²) in [6.45, 7) is 0. The predicted octanol–water partition coefficient (Wildman–Crippen LogP) is 8.46. The van der Waals surface area contributed by atoms with Crippen LogP contribution in [0.5, 0.6) is 0 Å². The summed E-state index contributed by atoms with van der Waals surface area (Å²) in [5, 5.41) is 5.80. The maximum Gasteiger partial charge on any atom is 0.0471 e. The van der Waals surface area contributed by atoms with Crippen LogP contribution in [0.1, 0.15) is 0 Å². The van der Waals surface area contributed by atoms with E-state index in [0.29, 0.717) is 0 Å². The SMILES string of the molecule is Clc1ccc(-c2cccc(-c3cccc4[nH]c5cc6ccccc6cc5c34)c2)cc1. The Morgan fingerprint density at radius 3 is 2.10 bits per heavy atom. The smallest absolute Gasteiger partial charge is 0.0471 e. The van der Waals surface area contributed by atoms with Crippen molar-refractivity contribution in [3.8, 4) is 22.3 Å². The van der Waals surface area contributed by atoms with Crippen LogP contribution < -0.4 is 0 Å². The zero-order valence-electron chi connectivity index (χ0n) is 16.2. The topological polar surface area (TPSA) is 15.8 Å². The summed E-state index contributed by atoms with van der Waals surface area (Å²) in [5.74, 6) is 0. The van der Waals surface area contributed by atoms with Gasteiger partial charge in [0.05, 0.1) is 0 Å². The van der Waals surface area contributed by atoms with E-state index in [1.54, 1.807) is 0 Å². The second-order valence-electron chi connectivity index (χ2n) is 7.69. The third-order valence-corrected chi connectivity index (χ3v) is 6.09. The Balaban J connectivity index is 1.60. The van der Waals surface area contributed by atoms with Crippen LogP contribution in [-0.4, -0.2) is 4.98 Å². The van der Waals surface area contributed by atoms with Crippen molar-refractivity contribution in [1.29, 1.82) is 0 Å². The molecule has 2 heteroatoms. The third-order valence-electron chi connectivity index (χ3n) is 5.84. The van der Waals surface area contributed by atoms with Gasteiger partial charge in [0, 0.05) is 26.8 Å². The normalized spacial score (nSPS) is 11.5. The maximum absolute atomic E-state index is 6.07. The quantitative estimate of drug-likeness (QED) is 0.298. The highest BCUT2D eigenvalue weighted by atomic mass is 35.5. The third kappa shape index (κ3) is 2.79. The van der Waals surface area contributed by atoms with Crippen molar-refractivity contribution >= 4 is 44.2 Å². The van der Waals surface area contributed by atoms with Gasteiger partial charge in [-0.15, -0.1) is 0 Å². The van der Waals surface area contributed by atoms with Gasteiger partial charge in [-0.2, -0.15) is 0 Å². The first kappa shape index (κ1) is 17.3. The van der Waals surface area contributed by atoms with E-state index < -0.39 is 0 Å². The summed E-state index contributed by atoms with van der Waals surface area (Å²) in [6, 6.07) is 36.3. The largest absolute Gasteiger partial charge is 0.354 e. The number of H-pyrrole nitrogens is 1. The molecule has 1 nitrogen and oxygen atoms in total. The number of aromatic nitrogens is 1. The van der Waals surface area contributed by atoms with Gasteiger partial charge in [0.2, 0.25) is 0 Å². The summed E-state index contributed by atoms with van der Waals surface area (Å²) in [4.78, 5) is 3.62. The molecule has 0 amide bonds. The van der Waals surface area contributed by atoms with E-state index >= 15 is 0 Å². The first-order chi connectivity index (χ1) is 14.8. The Kier molecular flexibility index (Phi) is 3.90. The molecule has 0 aliphatic carbocycles. The van der Waals surface area contributed by atoms with Gasteiger partial charge >= 0.3 is 0 Å². The van der Waals surface area contributed by atoms with Gasteiger partial charge in [-0.25, -0.2) is 0 Å². The number of fused-ring (bicyclic) bond motifs is 4. The minimum atomic E-state index is 0.755. The number of halogens is 1. The zero-order chi connectivity index (χ0) is 20.1. The van der Waals surface area contributed by atoms with Crippen molar-refractivity contribution in [1.82, 2.24) is 4.98 Å². The molecular weight excluding hydrogens is 386 g/mol. The fraction of sp³-hybridized carbons (Fsp3) is 0. The van der Waals surface area contributed by atoms with E-state index in [2.05, 4.69) is 96.0 Å². The predicted molar refractivity (Wildman–Crippen MR) is 129 cm³/mol. The van der Waals surface area contributed by atoms with Gasteiger partial charge in [0.1, 0.15) is 0 Å². The van der Waals surface area contributed by atoms with Crippen LogP contribution in [0.25, 0.3) is 54.8 Å². The molecule has 0 saturated carbocycles. The minimum absolute atomic E-state index is 0.755. The first-order valence-electron chi connectivity index (χ1n) is 10.1. The van der Waals surface area contributed by atoms with Gasteiger partial charge < -0.3 is 4.98 Å².